The van der Waals surface area contributed by atoms with Crippen LogP contribution in [0.3, 0.4) is 0 Å². The Hall–Kier alpha value is -1.89. The van der Waals surface area contributed by atoms with Crippen LogP contribution in [0.5, 0.6) is 0 Å². The van der Waals surface area contributed by atoms with Gasteiger partial charge in [-0.05, 0) is 43.5 Å². The van der Waals surface area contributed by atoms with E-state index < -0.39 is 10.4 Å². The van der Waals surface area contributed by atoms with E-state index in [9.17, 15) is 0 Å². The Bertz CT molecular complexity index is 497. The first kappa shape index (κ1) is 17.1. The summed E-state index contributed by atoms with van der Waals surface area (Å²) in [5.74, 6) is 0. The number of benzene rings is 1. The van der Waals surface area contributed by atoms with Crippen LogP contribution in [-0.2, 0) is 10.4 Å². The third-order valence-electron chi connectivity index (χ3n) is 2.17. The molecule has 0 saturated heterocycles. The highest BCUT2D eigenvalue weighted by atomic mass is 32.3. The Labute approximate surface area is 112 Å². The van der Waals surface area contributed by atoms with Crippen LogP contribution in [0.1, 0.15) is 13.8 Å². The van der Waals surface area contributed by atoms with Crippen LogP contribution in [0.4, 0.5) is 11.4 Å². The fourth-order valence-corrected chi connectivity index (χ4v) is 1.39. The van der Waals surface area contributed by atoms with Crippen LogP contribution in [-0.4, -0.2) is 30.6 Å². The zero-order chi connectivity index (χ0) is 14.9. The third-order valence-corrected chi connectivity index (χ3v) is 2.17. The fraction of sp³-hybridized carbons (Fsp3) is 0.400. The standard InChI is InChI=1S/C10H15N4.H2O4S/c1-3-14(4-2)10-7-5-9(6-8-10)12-13-11;1-5(2,3)4/h5-8,12H,3-4H2,1-2H3;(H2,1,2,3,4)/q+1;. The maximum absolute atomic E-state index is 8.74. The number of rotatable bonds is 4. The number of anilines is 2. The highest BCUT2D eigenvalue weighted by molar-refractivity contribution is 7.79. The van der Waals surface area contributed by atoms with Gasteiger partial charge in [0.15, 0.2) is 0 Å². The Balaban J connectivity index is 0.000000555. The number of hydrogen-bond acceptors (Lipinski definition) is 5. The van der Waals surface area contributed by atoms with E-state index in [2.05, 4.69) is 29.3 Å². The van der Waals surface area contributed by atoms with Gasteiger partial charge in [-0.1, -0.05) is 0 Å². The first-order valence-electron chi connectivity index (χ1n) is 5.46. The predicted molar refractivity (Wildman–Crippen MR) is 72.9 cm³/mol. The molecule has 0 saturated carbocycles. The number of nitrogens with zero attached hydrogens (tertiary/aromatic N) is 3. The van der Waals surface area contributed by atoms with E-state index in [4.69, 9.17) is 22.9 Å². The SMILES string of the molecule is CCN(CC)c1ccc(N[N+]#N)cc1.O=S(=O)(O)O. The summed E-state index contributed by atoms with van der Waals surface area (Å²) in [5, 5.41) is 11.2. The fourth-order valence-electron chi connectivity index (χ4n) is 1.39. The first-order chi connectivity index (χ1) is 8.81. The van der Waals surface area contributed by atoms with Crippen molar-refractivity contribution in [3.05, 3.63) is 29.4 Å². The van der Waals surface area contributed by atoms with Crippen molar-refractivity contribution in [3.8, 4) is 0 Å². The molecule has 3 N–H and O–H groups in total. The normalized spacial score (nSPS) is 9.84. The van der Waals surface area contributed by atoms with Crippen molar-refractivity contribution >= 4 is 21.8 Å². The smallest absolute Gasteiger partial charge is 0.372 e. The molecule has 0 amide bonds. The highest BCUT2D eigenvalue weighted by Crippen LogP contribution is 2.17. The first-order valence-corrected chi connectivity index (χ1v) is 6.86. The molecule has 0 aliphatic heterocycles. The monoisotopic (exact) mass is 289 g/mol. The van der Waals surface area contributed by atoms with Gasteiger partial charge < -0.3 is 4.90 Å². The quantitative estimate of drug-likeness (QED) is 0.441. The van der Waals surface area contributed by atoms with Crippen molar-refractivity contribution in [1.82, 2.24) is 0 Å². The van der Waals surface area contributed by atoms with Crippen LogP contribution in [0, 0.1) is 5.39 Å². The van der Waals surface area contributed by atoms with Gasteiger partial charge in [-0.2, -0.15) is 8.42 Å². The zero-order valence-electron chi connectivity index (χ0n) is 10.7. The van der Waals surface area contributed by atoms with Gasteiger partial charge in [0.2, 0.25) is 0 Å². The number of diazo groups is 1. The van der Waals surface area contributed by atoms with Gasteiger partial charge >= 0.3 is 15.5 Å². The summed E-state index contributed by atoms with van der Waals surface area (Å²) in [7, 11) is -4.67. The average molecular weight is 289 g/mol. The Morgan fingerprint density at radius 2 is 1.63 bits per heavy atom. The molecular weight excluding hydrogens is 272 g/mol. The lowest BCUT2D eigenvalue weighted by atomic mass is 10.2. The minimum atomic E-state index is -4.67. The van der Waals surface area contributed by atoms with Crippen LogP contribution >= 0.6 is 0 Å². The molecule has 1 rings (SSSR count). The number of nitrogens with one attached hydrogen (secondary N) is 1. The van der Waals surface area contributed by atoms with Crippen LogP contribution in [0.2, 0.25) is 0 Å². The van der Waals surface area contributed by atoms with Gasteiger partial charge in [-0.15, -0.1) is 0 Å². The second-order valence-electron chi connectivity index (χ2n) is 3.38. The molecule has 1 aromatic rings. The second kappa shape index (κ2) is 8.25. The minimum Gasteiger partial charge on any atom is -0.372 e. The number of hydrogen-bond donors (Lipinski definition) is 3. The van der Waals surface area contributed by atoms with Crippen molar-refractivity contribution in [2.75, 3.05) is 23.4 Å². The lowest BCUT2D eigenvalue weighted by Crippen LogP contribution is -2.21. The average Bonchev–Trinajstić information content (AvgIpc) is 2.31. The lowest BCUT2D eigenvalue weighted by molar-refractivity contribution is 0.381. The summed E-state index contributed by atoms with van der Waals surface area (Å²) in [6.07, 6.45) is 0. The molecule has 0 radical (unpaired) electrons. The molecule has 0 spiro atoms. The molecule has 0 unspecified atom stereocenters. The van der Waals surface area contributed by atoms with E-state index in [1.807, 2.05) is 24.3 Å². The largest absolute Gasteiger partial charge is 0.394 e. The molecule has 8 nitrogen and oxygen atoms in total. The molecule has 1 aromatic carbocycles. The van der Waals surface area contributed by atoms with E-state index >= 15 is 0 Å². The summed E-state index contributed by atoms with van der Waals surface area (Å²) in [6.45, 7) is 6.23. The van der Waals surface area contributed by atoms with E-state index in [0.29, 0.717) is 0 Å². The van der Waals surface area contributed by atoms with E-state index in [0.717, 1.165) is 18.8 Å². The summed E-state index contributed by atoms with van der Waals surface area (Å²) >= 11 is 0. The molecule has 0 aliphatic carbocycles. The van der Waals surface area contributed by atoms with Crippen molar-refractivity contribution in [1.29, 1.82) is 5.39 Å². The predicted octanol–water partition coefficient (Wildman–Crippen LogP) is 2.06. The van der Waals surface area contributed by atoms with Gasteiger partial charge in [0.25, 0.3) is 5.39 Å². The summed E-state index contributed by atoms with van der Waals surface area (Å²) in [6, 6.07) is 7.77. The molecule has 19 heavy (non-hydrogen) atoms. The molecule has 9 heteroatoms. The highest BCUT2D eigenvalue weighted by Gasteiger charge is 2.02. The van der Waals surface area contributed by atoms with E-state index in [1.165, 1.54) is 5.69 Å². The Morgan fingerprint density at radius 1 is 1.21 bits per heavy atom. The summed E-state index contributed by atoms with van der Waals surface area (Å²) in [4.78, 5) is 2.25. The van der Waals surface area contributed by atoms with Gasteiger partial charge in [-0.3, -0.25) is 9.11 Å². The molecule has 0 fully saturated rings. The van der Waals surface area contributed by atoms with Crippen LogP contribution in [0.25, 0.3) is 5.08 Å². The molecule has 0 atom stereocenters. The lowest BCUT2D eigenvalue weighted by Gasteiger charge is -2.20. The van der Waals surface area contributed by atoms with Crippen LogP contribution < -0.4 is 10.3 Å². The van der Waals surface area contributed by atoms with Crippen molar-refractivity contribution < 1.29 is 17.5 Å². The second-order valence-corrected chi connectivity index (χ2v) is 4.27. The van der Waals surface area contributed by atoms with Crippen molar-refractivity contribution in [2.45, 2.75) is 13.8 Å². The van der Waals surface area contributed by atoms with E-state index in [1.54, 1.807) is 0 Å². The summed E-state index contributed by atoms with van der Waals surface area (Å²) in [5.41, 5.74) is 4.43. The minimum absolute atomic E-state index is 0.781. The maximum Gasteiger partial charge on any atom is 0.394 e. The molecule has 0 bridgehead atoms. The molecular formula is C10H17N4O4S+. The van der Waals surface area contributed by atoms with Gasteiger partial charge in [0.05, 0.1) is 0 Å². The Morgan fingerprint density at radius 3 is 1.95 bits per heavy atom. The Kier molecular flexibility index (Phi) is 7.43. The third kappa shape index (κ3) is 8.78. The maximum atomic E-state index is 8.74. The van der Waals surface area contributed by atoms with Gasteiger partial charge in [0, 0.05) is 18.8 Å². The molecule has 0 aliphatic rings. The summed E-state index contributed by atoms with van der Waals surface area (Å²) < 4.78 is 31.6. The topological polar surface area (TPSA) is 118 Å². The zero-order valence-corrected chi connectivity index (χ0v) is 11.5. The van der Waals surface area contributed by atoms with E-state index in [-0.39, 0.29) is 0 Å². The van der Waals surface area contributed by atoms with Crippen LogP contribution in [0.15, 0.2) is 24.3 Å². The van der Waals surface area contributed by atoms with Crippen molar-refractivity contribution in [2.24, 2.45) is 0 Å². The van der Waals surface area contributed by atoms with Crippen molar-refractivity contribution in [3.63, 3.8) is 0 Å². The molecule has 0 heterocycles. The van der Waals surface area contributed by atoms with Gasteiger partial charge in [-0.25, -0.2) is 0 Å². The molecule has 0 aromatic heterocycles. The molecule has 106 valence electrons. The van der Waals surface area contributed by atoms with Gasteiger partial charge in [0.1, 0.15) is 5.69 Å².